The molecular weight excluding hydrogens is 188 g/mol. The molecule has 0 amide bonds. The van der Waals surface area contributed by atoms with Crippen molar-refractivity contribution in [3.8, 4) is 11.5 Å². The molecule has 1 fully saturated rings. The molecule has 0 bridgehead atoms. The molecule has 0 aliphatic heterocycles. The molecule has 0 atom stereocenters. The molecule has 1 aliphatic carbocycles. The van der Waals surface area contributed by atoms with Crippen LogP contribution in [0, 0.1) is 0 Å². The van der Waals surface area contributed by atoms with Crippen LogP contribution < -0.4 is 9.47 Å². The van der Waals surface area contributed by atoms with Crippen molar-refractivity contribution in [2.24, 2.45) is 0 Å². The van der Waals surface area contributed by atoms with Crippen LogP contribution in [0.5, 0.6) is 11.5 Å². The van der Waals surface area contributed by atoms with Gasteiger partial charge in [0.25, 0.3) is 0 Å². The normalized spacial score (nSPS) is 15.5. The summed E-state index contributed by atoms with van der Waals surface area (Å²) in [6.45, 7) is 0. The Labute approximate surface area is 82.4 Å². The number of benzene rings is 1. The summed E-state index contributed by atoms with van der Waals surface area (Å²) >= 11 is 6.03. The van der Waals surface area contributed by atoms with Gasteiger partial charge in [-0.2, -0.15) is 0 Å². The second-order valence-electron chi connectivity index (χ2n) is 3.09. The Morgan fingerprint density at radius 2 is 2.00 bits per heavy atom. The molecular formula is C10H11ClO2. The first kappa shape index (κ1) is 8.70. The molecule has 2 rings (SSSR count). The predicted octanol–water partition coefficient (Wildman–Crippen LogP) is 2.89. The lowest BCUT2D eigenvalue weighted by atomic mass is 10.3. The third-order valence-corrected chi connectivity index (χ3v) is 2.34. The third-order valence-electron chi connectivity index (χ3n) is 1.97. The molecule has 0 spiro atoms. The van der Waals surface area contributed by atoms with Gasteiger partial charge in [0.15, 0.2) is 0 Å². The Bertz CT molecular complexity index is 308. The van der Waals surface area contributed by atoms with Crippen molar-refractivity contribution in [2.75, 3.05) is 7.11 Å². The highest BCUT2D eigenvalue weighted by atomic mass is 35.5. The van der Waals surface area contributed by atoms with Crippen LogP contribution in [0.1, 0.15) is 12.8 Å². The highest BCUT2D eigenvalue weighted by Crippen LogP contribution is 2.37. The second-order valence-corrected chi connectivity index (χ2v) is 3.47. The summed E-state index contributed by atoms with van der Waals surface area (Å²) in [5.41, 5.74) is 0. The summed E-state index contributed by atoms with van der Waals surface area (Å²) in [7, 11) is 1.60. The number of halogens is 1. The fraction of sp³-hybridized carbons (Fsp3) is 0.400. The molecule has 0 heterocycles. The predicted molar refractivity (Wildman–Crippen MR) is 51.7 cm³/mol. The number of rotatable bonds is 3. The first-order chi connectivity index (χ1) is 6.31. The van der Waals surface area contributed by atoms with Crippen molar-refractivity contribution >= 4 is 11.6 Å². The molecule has 0 saturated heterocycles. The van der Waals surface area contributed by atoms with E-state index in [4.69, 9.17) is 21.1 Å². The molecule has 0 aromatic heterocycles. The maximum Gasteiger partial charge on any atom is 0.142 e. The molecule has 1 aliphatic rings. The molecule has 70 valence electrons. The van der Waals surface area contributed by atoms with Crippen molar-refractivity contribution in [3.05, 3.63) is 23.2 Å². The summed E-state index contributed by atoms with van der Waals surface area (Å²) in [5.74, 6) is 1.39. The summed E-state index contributed by atoms with van der Waals surface area (Å²) in [6.07, 6.45) is 2.63. The van der Waals surface area contributed by atoms with Crippen LogP contribution in [0.25, 0.3) is 0 Å². The molecule has 3 heteroatoms. The quantitative estimate of drug-likeness (QED) is 0.744. The average molecular weight is 199 g/mol. The molecule has 13 heavy (non-hydrogen) atoms. The summed E-state index contributed by atoms with van der Waals surface area (Å²) in [4.78, 5) is 0. The fourth-order valence-corrected chi connectivity index (χ4v) is 1.35. The van der Waals surface area contributed by atoms with E-state index in [0.717, 1.165) is 18.6 Å². The minimum atomic E-state index is 0.365. The lowest BCUT2D eigenvalue weighted by molar-refractivity contribution is 0.301. The van der Waals surface area contributed by atoms with Crippen molar-refractivity contribution < 1.29 is 9.47 Å². The van der Waals surface area contributed by atoms with Gasteiger partial charge in [0, 0.05) is 0 Å². The Morgan fingerprint density at radius 1 is 1.31 bits per heavy atom. The number of methoxy groups -OCH3 is 1. The first-order valence-corrected chi connectivity index (χ1v) is 4.68. The van der Waals surface area contributed by atoms with E-state index in [9.17, 15) is 0 Å². The van der Waals surface area contributed by atoms with Gasteiger partial charge in [0.1, 0.15) is 16.5 Å². The van der Waals surface area contributed by atoms with E-state index >= 15 is 0 Å². The summed E-state index contributed by atoms with van der Waals surface area (Å²) in [5, 5.41) is 0.567. The third kappa shape index (κ3) is 1.89. The Hall–Kier alpha value is -0.890. The molecule has 1 aromatic carbocycles. The van der Waals surface area contributed by atoms with Crippen LogP contribution in [0.15, 0.2) is 18.2 Å². The molecule has 2 nitrogen and oxygen atoms in total. The van der Waals surface area contributed by atoms with Gasteiger partial charge in [-0.05, 0) is 25.0 Å². The van der Waals surface area contributed by atoms with E-state index < -0.39 is 0 Å². The van der Waals surface area contributed by atoms with Crippen LogP contribution >= 0.6 is 11.6 Å². The summed E-state index contributed by atoms with van der Waals surface area (Å²) < 4.78 is 10.7. The number of hydrogen-bond acceptors (Lipinski definition) is 2. The van der Waals surface area contributed by atoms with E-state index in [-0.39, 0.29) is 0 Å². The van der Waals surface area contributed by atoms with Gasteiger partial charge in [-0.3, -0.25) is 0 Å². The highest BCUT2D eigenvalue weighted by Gasteiger charge is 2.24. The van der Waals surface area contributed by atoms with Crippen molar-refractivity contribution in [1.29, 1.82) is 0 Å². The van der Waals surface area contributed by atoms with Crippen LogP contribution in [0.3, 0.4) is 0 Å². The minimum Gasteiger partial charge on any atom is -0.495 e. The van der Waals surface area contributed by atoms with Crippen LogP contribution in [-0.2, 0) is 0 Å². The van der Waals surface area contributed by atoms with Crippen LogP contribution in [0.2, 0.25) is 5.02 Å². The van der Waals surface area contributed by atoms with E-state index in [0.29, 0.717) is 16.9 Å². The van der Waals surface area contributed by atoms with Gasteiger partial charge in [0.05, 0.1) is 13.2 Å². The SMILES string of the molecule is COc1cccc(OC2CC2)c1Cl. The summed E-state index contributed by atoms with van der Waals surface area (Å²) in [6, 6.07) is 5.56. The van der Waals surface area contributed by atoms with E-state index in [1.165, 1.54) is 0 Å². The van der Waals surface area contributed by atoms with Gasteiger partial charge in [-0.25, -0.2) is 0 Å². The van der Waals surface area contributed by atoms with E-state index in [1.54, 1.807) is 7.11 Å². The standard InChI is InChI=1S/C10H11ClO2/c1-12-8-3-2-4-9(10(8)11)13-7-5-6-7/h2-4,7H,5-6H2,1H3. The monoisotopic (exact) mass is 198 g/mol. The molecule has 0 unspecified atom stereocenters. The zero-order valence-electron chi connectivity index (χ0n) is 7.42. The number of hydrogen-bond donors (Lipinski definition) is 0. The smallest absolute Gasteiger partial charge is 0.142 e. The van der Waals surface area contributed by atoms with Crippen molar-refractivity contribution in [1.82, 2.24) is 0 Å². The van der Waals surface area contributed by atoms with Gasteiger partial charge >= 0.3 is 0 Å². The van der Waals surface area contributed by atoms with Gasteiger partial charge < -0.3 is 9.47 Å². The Kier molecular flexibility index (Phi) is 2.32. The fourth-order valence-electron chi connectivity index (χ4n) is 1.10. The Morgan fingerprint density at radius 3 is 2.62 bits per heavy atom. The minimum absolute atomic E-state index is 0.365. The zero-order valence-corrected chi connectivity index (χ0v) is 8.17. The molecule has 0 radical (unpaired) electrons. The average Bonchev–Trinajstić information content (AvgIpc) is 2.92. The van der Waals surface area contributed by atoms with Crippen LogP contribution in [-0.4, -0.2) is 13.2 Å². The number of ether oxygens (including phenoxy) is 2. The van der Waals surface area contributed by atoms with Crippen molar-refractivity contribution in [3.63, 3.8) is 0 Å². The lowest BCUT2D eigenvalue weighted by Crippen LogP contribution is -1.97. The second kappa shape index (κ2) is 3.46. The largest absolute Gasteiger partial charge is 0.495 e. The van der Waals surface area contributed by atoms with Gasteiger partial charge in [-0.15, -0.1) is 0 Å². The topological polar surface area (TPSA) is 18.5 Å². The van der Waals surface area contributed by atoms with Crippen molar-refractivity contribution in [2.45, 2.75) is 18.9 Å². The lowest BCUT2D eigenvalue weighted by Gasteiger charge is -2.09. The van der Waals surface area contributed by atoms with Crippen LogP contribution in [0.4, 0.5) is 0 Å². The molecule has 1 saturated carbocycles. The van der Waals surface area contributed by atoms with Gasteiger partial charge in [0.2, 0.25) is 0 Å². The maximum absolute atomic E-state index is 6.03. The highest BCUT2D eigenvalue weighted by molar-refractivity contribution is 6.33. The zero-order chi connectivity index (χ0) is 9.26. The maximum atomic E-state index is 6.03. The first-order valence-electron chi connectivity index (χ1n) is 4.30. The van der Waals surface area contributed by atoms with Gasteiger partial charge in [-0.1, -0.05) is 17.7 Å². The molecule has 1 aromatic rings. The molecule has 0 N–H and O–H groups in total. The Balaban J connectivity index is 2.22. The van der Waals surface area contributed by atoms with E-state index in [1.807, 2.05) is 18.2 Å². The van der Waals surface area contributed by atoms with E-state index in [2.05, 4.69) is 0 Å².